The van der Waals surface area contributed by atoms with E-state index in [0.717, 1.165) is 12.3 Å². The summed E-state index contributed by atoms with van der Waals surface area (Å²) in [6.45, 7) is 13.2. The molecular weight excluding hydrogens is 222 g/mol. The van der Waals surface area contributed by atoms with E-state index in [-0.39, 0.29) is 0 Å². The van der Waals surface area contributed by atoms with Crippen LogP contribution in [0.25, 0.3) is 0 Å². The third-order valence-corrected chi connectivity index (χ3v) is 4.00. The number of hydrogen-bond donors (Lipinski definition) is 1. The molecule has 0 aromatic heterocycles. The Kier molecular flexibility index (Phi) is 5.62. The maximum Gasteiger partial charge on any atom is 0.105 e. The van der Waals surface area contributed by atoms with E-state index >= 15 is 0 Å². The molecule has 3 nitrogen and oxygen atoms in total. The summed E-state index contributed by atoms with van der Waals surface area (Å²) < 4.78 is 0. The highest BCUT2D eigenvalue weighted by molar-refractivity contribution is 5.06. The molecule has 1 aliphatic rings. The van der Waals surface area contributed by atoms with Crippen molar-refractivity contribution in [1.82, 2.24) is 10.2 Å². The van der Waals surface area contributed by atoms with Gasteiger partial charge in [-0.1, -0.05) is 6.92 Å². The number of likely N-dealkylation sites (tertiary alicyclic amines) is 1. The molecule has 0 aromatic carbocycles. The van der Waals surface area contributed by atoms with E-state index in [1.54, 1.807) is 0 Å². The maximum atomic E-state index is 9.39. The monoisotopic (exact) mass is 251 g/mol. The van der Waals surface area contributed by atoms with Crippen molar-refractivity contribution < 1.29 is 0 Å². The maximum absolute atomic E-state index is 9.39. The summed E-state index contributed by atoms with van der Waals surface area (Å²) in [5.74, 6) is 0.865. The highest BCUT2D eigenvalue weighted by Gasteiger charge is 2.30. The van der Waals surface area contributed by atoms with Crippen molar-refractivity contribution in [2.75, 3.05) is 13.1 Å². The van der Waals surface area contributed by atoms with Crippen molar-refractivity contribution in [3.05, 3.63) is 0 Å². The van der Waals surface area contributed by atoms with Crippen LogP contribution < -0.4 is 5.32 Å². The van der Waals surface area contributed by atoms with Gasteiger partial charge in [-0.3, -0.25) is 5.32 Å². The first-order chi connectivity index (χ1) is 8.36. The lowest BCUT2D eigenvalue weighted by atomic mass is 9.91. The fraction of sp³-hybridized carbons (Fsp3) is 0.933. The molecule has 104 valence electrons. The second kappa shape index (κ2) is 6.54. The molecule has 1 rings (SSSR count). The van der Waals surface area contributed by atoms with Crippen molar-refractivity contribution in [3.63, 3.8) is 0 Å². The smallest absolute Gasteiger partial charge is 0.105 e. The summed E-state index contributed by atoms with van der Waals surface area (Å²) in [6.07, 6.45) is 3.49. The van der Waals surface area contributed by atoms with Crippen LogP contribution in [0.5, 0.6) is 0 Å². The number of nitriles is 1. The van der Waals surface area contributed by atoms with Crippen LogP contribution in [0.3, 0.4) is 0 Å². The Labute approximate surface area is 113 Å². The summed E-state index contributed by atoms with van der Waals surface area (Å²) in [4.78, 5) is 2.54. The van der Waals surface area contributed by atoms with E-state index in [0.29, 0.717) is 12.1 Å². The Morgan fingerprint density at radius 1 is 1.33 bits per heavy atom. The van der Waals surface area contributed by atoms with Gasteiger partial charge in [0.1, 0.15) is 5.54 Å². The second-order valence-corrected chi connectivity index (χ2v) is 6.51. The lowest BCUT2D eigenvalue weighted by molar-refractivity contribution is 0.126. The normalized spacial score (nSPS) is 23.6. The molecule has 0 amide bonds. The average molecular weight is 251 g/mol. The van der Waals surface area contributed by atoms with Crippen molar-refractivity contribution in [1.29, 1.82) is 5.26 Å². The molecule has 0 spiro atoms. The van der Waals surface area contributed by atoms with Gasteiger partial charge in [0.15, 0.2) is 0 Å². The SMILES string of the molecule is CC1CCN(C(C)CC(C)(C#N)NC(C)C)CC1. The fourth-order valence-corrected chi connectivity index (χ4v) is 2.96. The standard InChI is InChI=1S/C15H29N3/c1-12(2)17-15(5,11-16)10-14(4)18-8-6-13(3)7-9-18/h12-14,17H,6-10H2,1-5H3. The average Bonchev–Trinajstić information content (AvgIpc) is 2.28. The minimum Gasteiger partial charge on any atom is -0.301 e. The molecule has 3 heteroatoms. The summed E-state index contributed by atoms with van der Waals surface area (Å²) in [5, 5.41) is 12.8. The predicted molar refractivity (Wildman–Crippen MR) is 76.3 cm³/mol. The van der Waals surface area contributed by atoms with E-state index < -0.39 is 5.54 Å². The first-order valence-corrected chi connectivity index (χ1v) is 7.29. The van der Waals surface area contributed by atoms with Crippen LogP contribution >= 0.6 is 0 Å². The highest BCUT2D eigenvalue weighted by Crippen LogP contribution is 2.22. The quantitative estimate of drug-likeness (QED) is 0.816. The van der Waals surface area contributed by atoms with Crippen LogP contribution in [0.2, 0.25) is 0 Å². The second-order valence-electron chi connectivity index (χ2n) is 6.51. The van der Waals surface area contributed by atoms with E-state index in [1.165, 1.54) is 25.9 Å². The Morgan fingerprint density at radius 2 is 1.89 bits per heavy atom. The molecule has 0 saturated carbocycles. The Balaban J connectivity index is 2.52. The summed E-state index contributed by atoms with van der Waals surface area (Å²) >= 11 is 0. The summed E-state index contributed by atoms with van der Waals surface area (Å²) in [5.41, 5.74) is -0.406. The zero-order valence-corrected chi connectivity index (χ0v) is 12.7. The third-order valence-electron chi connectivity index (χ3n) is 4.00. The van der Waals surface area contributed by atoms with Gasteiger partial charge >= 0.3 is 0 Å². The molecule has 0 bridgehead atoms. The zero-order chi connectivity index (χ0) is 13.8. The van der Waals surface area contributed by atoms with Crippen LogP contribution in [0.4, 0.5) is 0 Å². The van der Waals surface area contributed by atoms with Crippen molar-refractivity contribution in [2.24, 2.45) is 5.92 Å². The molecule has 2 atom stereocenters. The zero-order valence-electron chi connectivity index (χ0n) is 12.7. The van der Waals surface area contributed by atoms with Gasteiger partial charge in [-0.15, -0.1) is 0 Å². The van der Waals surface area contributed by atoms with Gasteiger partial charge < -0.3 is 4.90 Å². The number of nitrogens with one attached hydrogen (secondary N) is 1. The first-order valence-electron chi connectivity index (χ1n) is 7.29. The Bertz CT molecular complexity index is 287. The molecule has 0 radical (unpaired) electrons. The van der Waals surface area contributed by atoms with Crippen molar-refractivity contribution in [3.8, 4) is 6.07 Å². The minimum atomic E-state index is -0.406. The lowest BCUT2D eigenvalue weighted by Crippen LogP contribution is -2.50. The molecule has 1 heterocycles. The van der Waals surface area contributed by atoms with Crippen LogP contribution in [-0.4, -0.2) is 35.6 Å². The van der Waals surface area contributed by atoms with E-state index in [1.807, 2.05) is 6.92 Å². The molecule has 18 heavy (non-hydrogen) atoms. The summed E-state index contributed by atoms with van der Waals surface area (Å²) in [7, 11) is 0. The van der Waals surface area contributed by atoms with Crippen LogP contribution in [0, 0.1) is 17.2 Å². The Morgan fingerprint density at radius 3 is 2.33 bits per heavy atom. The largest absolute Gasteiger partial charge is 0.301 e. The fourth-order valence-electron chi connectivity index (χ4n) is 2.96. The van der Waals surface area contributed by atoms with Crippen molar-refractivity contribution in [2.45, 2.75) is 71.5 Å². The van der Waals surface area contributed by atoms with Crippen LogP contribution in [-0.2, 0) is 0 Å². The highest BCUT2D eigenvalue weighted by atomic mass is 15.2. The molecule has 1 N–H and O–H groups in total. The lowest BCUT2D eigenvalue weighted by Gasteiger charge is -2.38. The van der Waals surface area contributed by atoms with Gasteiger partial charge in [-0.25, -0.2) is 0 Å². The number of rotatable bonds is 5. The number of piperidine rings is 1. The van der Waals surface area contributed by atoms with E-state index in [2.05, 4.69) is 44.0 Å². The van der Waals surface area contributed by atoms with Gasteiger partial charge in [0, 0.05) is 12.1 Å². The summed E-state index contributed by atoms with van der Waals surface area (Å²) in [6, 6.07) is 3.28. The topological polar surface area (TPSA) is 39.1 Å². The Hall–Kier alpha value is -0.590. The number of nitrogens with zero attached hydrogens (tertiary/aromatic N) is 2. The van der Waals surface area contributed by atoms with Gasteiger partial charge in [0.05, 0.1) is 6.07 Å². The first kappa shape index (κ1) is 15.5. The van der Waals surface area contributed by atoms with Crippen LogP contribution in [0.1, 0.15) is 53.9 Å². The van der Waals surface area contributed by atoms with Crippen LogP contribution in [0.15, 0.2) is 0 Å². The third kappa shape index (κ3) is 4.59. The van der Waals surface area contributed by atoms with Gasteiger partial charge in [0.25, 0.3) is 0 Å². The minimum absolute atomic E-state index is 0.350. The van der Waals surface area contributed by atoms with Gasteiger partial charge in [-0.2, -0.15) is 5.26 Å². The number of hydrogen-bond acceptors (Lipinski definition) is 3. The molecule has 0 aliphatic carbocycles. The molecule has 2 unspecified atom stereocenters. The molecule has 0 aromatic rings. The van der Waals surface area contributed by atoms with E-state index in [4.69, 9.17) is 0 Å². The van der Waals surface area contributed by atoms with Crippen molar-refractivity contribution >= 4 is 0 Å². The van der Waals surface area contributed by atoms with E-state index in [9.17, 15) is 5.26 Å². The molecule has 1 saturated heterocycles. The molecule has 1 aliphatic heterocycles. The predicted octanol–water partition coefficient (Wildman–Crippen LogP) is 2.78. The van der Waals surface area contributed by atoms with Gasteiger partial charge in [0.2, 0.25) is 0 Å². The van der Waals surface area contributed by atoms with Gasteiger partial charge in [-0.05, 0) is 66.0 Å². The molecule has 1 fully saturated rings. The molecular formula is C15H29N3.